The van der Waals surface area contributed by atoms with Crippen LogP contribution in [-0.2, 0) is 4.79 Å². The molecule has 1 amide bonds. The van der Waals surface area contributed by atoms with Gasteiger partial charge in [-0.05, 0) is 38.3 Å². The van der Waals surface area contributed by atoms with Crippen LogP contribution in [0.4, 0.5) is 0 Å². The van der Waals surface area contributed by atoms with E-state index in [9.17, 15) is 9.59 Å². The number of aliphatic carboxylic acids is 1. The summed E-state index contributed by atoms with van der Waals surface area (Å²) in [6, 6.07) is 7.24. The number of aromatic nitrogens is 1. The van der Waals surface area contributed by atoms with Crippen molar-refractivity contribution in [3.8, 4) is 10.6 Å². The van der Waals surface area contributed by atoms with Crippen LogP contribution >= 0.6 is 22.9 Å². The summed E-state index contributed by atoms with van der Waals surface area (Å²) in [5, 5.41) is 13.4. The summed E-state index contributed by atoms with van der Waals surface area (Å²) in [5.74, 6) is -1.32. The van der Waals surface area contributed by atoms with E-state index in [2.05, 4.69) is 10.3 Å². The predicted octanol–water partition coefficient (Wildman–Crippen LogP) is 3.76. The van der Waals surface area contributed by atoms with E-state index in [1.165, 1.54) is 11.3 Å². The van der Waals surface area contributed by atoms with Crippen molar-refractivity contribution in [2.24, 2.45) is 5.92 Å². The Labute approximate surface area is 148 Å². The van der Waals surface area contributed by atoms with Crippen LogP contribution in [0.25, 0.3) is 10.6 Å². The Balaban J connectivity index is 1.72. The Hall–Kier alpha value is -1.92. The summed E-state index contributed by atoms with van der Waals surface area (Å²) < 4.78 is 0. The van der Waals surface area contributed by atoms with Crippen molar-refractivity contribution < 1.29 is 14.7 Å². The number of aryl methyl sites for hydroxylation is 1. The first-order valence-electron chi connectivity index (χ1n) is 7.71. The minimum Gasteiger partial charge on any atom is -0.481 e. The first-order chi connectivity index (χ1) is 11.4. The summed E-state index contributed by atoms with van der Waals surface area (Å²) in [4.78, 5) is 28.5. The summed E-state index contributed by atoms with van der Waals surface area (Å²) in [5.41, 5.74) is 1.59. The molecule has 2 aromatic rings. The molecule has 0 bridgehead atoms. The average molecular weight is 365 g/mol. The topological polar surface area (TPSA) is 79.3 Å². The molecule has 7 heteroatoms. The lowest BCUT2D eigenvalue weighted by Crippen LogP contribution is -2.33. The number of halogens is 1. The van der Waals surface area contributed by atoms with E-state index in [0.29, 0.717) is 34.9 Å². The Bertz CT molecular complexity index is 773. The molecule has 3 rings (SSSR count). The zero-order chi connectivity index (χ0) is 17.3. The molecule has 1 aliphatic rings. The van der Waals surface area contributed by atoms with Crippen LogP contribution in [0.15, 0.2) is 24.3 Å². The molecule has 5 nitrogen and oxygen atoms in total. The predicted molar refractivity (Wildman–Crippen MR) is 93.5 cm³/mol. The number of hydrogen-bond donors (Lipinski definition) is 2. The lowest BCUT2D eigenvalue weighted by Gasteiger charge is -2.11. The van der Waals surface area contributed by atoms with Gasteiger partial charge in [0.15, 0.2) is 0 Å². The lowest BCUT2D eigenvalue weighted by atomic mass is 10.1. The van der Waals surface area contributed by atoms with Crippen LogP contribution in [0.5, 0.6) is 0 Å². The number of carbonyl (C=O) groups is 2. The number of hydrogen-bond acceptors (Lipinski definition) is 4. The average Bonchev–Trinajstić information content (AvgIpc) is 3.15. The maximum Gasteiger partial charge on any atom is 0.306 e. The quantitative estimate of drug-likeness (QED) is 0.865. The van der Waals surface area contributed by atoms with Crippen molar-refractivity contribution in [2.75, 3.05) is 0 Å². The first-order valence-corrected chi connectivity index (χ1v) is 8.90. The molecule has 0 saturated heterocycles. The molecule has 1 saturated carbocycles. The molecule has 1 fully saturated rings. The van der Waals surface area contributed by atoms with Gasteiger partial charge >= 0.3 is 5.97 Å². The zero-order valence-electron chi connectivity index (χ0n) is 13.1. The highest BCUT2D eigenvalue weighted by Gasteiger charge is 2.31. The number of carboxylic acids is 1. The SMILES string of the molecule is Cc1nc(-c2ccc(Cl)cc2)sc1C(=O)N[C@@H]1CC[C@H](C(=O)O)C1. The van der Waals surface area contributed by atoms with E-state index < -0.39 is 5.97 Å². The minimum absolute atomic E-state index is 0.0842. The number of carbonyl (C=O) groups excluding carboxylic acids is 1. The molecule has 0 spiro atoms. The van der Waals surface area contributed by atoms with Gasteiger partial charge in [0.1, 0.15) is 9.88 Å². The summed E-state index contributed by atoms with van der Waals surface area (Å²) in [7, 11) is 0. The number of carboxylic acid groups (broad SMARTS) is 1. The van der Waals surface area contributed by atoms with E-state index >= 15 is 0 Å². The molecule has 2 N–H and O–H groups in total. The fraction of sp³-hybridized carbons (Fsp3) is 0.353. The van der Waals surface area contributed by atoms with Crippen molar-refractivity contribution in [1.82, 2.24) is 10.3 Å². The highest BCUT2D eigenvalue weighted by molar-refractivity contribution is 7.17. The van der Waals surface area contributed by atoms with Crippen molar-refractivity contribution in [3.63, 3.8) is 0 Å². The first kappa shape index (κ1) is 16.9. The van der Waals surface area contributed by atoms with E-state index in [1.807, 2.05) is 12.1 Å². The van der Waals surface area contributed by atoms with Crippen LogP contribution in [0.2, 0.25) is 5.02 Å². The molecule has 24 heavy (non-hydrogen) atoms. The van der Waals surface area contributed by atoms with E-state index in [-0.39, 0.29) is 17.9 Å². The van der Waals surface area contributed by atoms with Crippen LogP contribution in [0.1, 0.15) is 34.6 Å². The Kier molecular flexibility index (Phi) is 4.87. The Morgan fingerprint density at radius 1 is 1.29 bits per heavy atom. The molecule has 1 aliphatic carbocycles. The molecule has 1 aromatic heterocycles. The number of nitrogens with one attached hydrogen (secondary N) is 1. The minimum atomic E-state index is -0.786. The van der Waals surface area contributed by atoms with Gasteiger partial charge in [-0.3, -0.25) is 9.59 Å². The van der Waals surface area contributed by atoms with Gasteiger partial charge in [-0.25, -0.2) is 4.98 Å². The molecule has 0 unspecified atom stereocenters. The van der Waals surface area contributed by atoms with Crippen LogP contribution in [0, 0.1) is 12.8 Å². The number of thiazole rings is 1. The third kappa shape index (κ3) is 3.60. The van der Waals surface area contributed by atoms with Crippen molar-refractivity contribution in [3.05, 3.63) is 39.9 Å². The highest BCUT2D eigenvalue weighted by Crippen LogP contribution is 2.30. The lowest BCUT2D eigenvalue weighted by molar-refractivity contribution is -0.141. The Morgan fingerprint density at radius 2 is 2.00 bits per heavy atom. The molecule has 1 heterocycles. The van der Waals surface area contributed by atoms with Gasteiger partial charge in [-0.1, -0.05) is 23.7 Å². The summed E-state index contributed by atoms with van der Waals surface area (Å²) in [6.45, 7) is 1.81. The fourth-order valence-electron chi connectivity index (χ4n) is 2.91. The second kappa shape index (κ2) is 6.91. The summed E-state index contributed by atoms with van der Waals surface area (Å²) in [6.07, 6.45) is 1.80. The van der Waals surface area contributed by atoms with Crippen molar-refractivity contribution in [2.45, 2.75) is 32.2 Å². The molecule has 0 radical (unpaired) electrons. The number of nitrogens with zero attached hydrogens (tertiary/aromatic N) is 1. The monoisotopic (exact) mass is 364 g/mol. The molecular weight excluding hydrogens is 348 g/mol. The molecule has 1 aromatic carbocycles. The maximum atomic E-state index is 12.5. The van der Waals surface area contributed by atoms with Crippen LogP contribution in [-0.4, -0.2) is 28.0 Å². The number of benzene rings is 1. The number of rotatable bonds is 4. The maximum absolute atomic E-state index is 12.5. The summed E-state index contributed by atoms with van der Waals surface area (Å²) >= 11 is 7.23. The van der Waals surface area contributed by atoms with Crippen molar-refractivity contribution >= 4 is 34.8 Å². The van der Waals surface area contributed by atoms with E-state index in [1.54, 1.807) is 19.1 Å². The van der Waals surface area contributed by atoms with E-state index in [0.717, 1.165) is 10.6 Å². The third-order valence-electron chi connectivity index (χ3n) is 4.21. The van der Waals surface area contributed by atoms with Gasteiger partial charge in [0, 0.05) is 16.6 Å². The van der Waals surface area contributed by atoms with Crippen LogP contribution < -0.4 is 5.32 Å². The van der Waals surface area contributed by atoms with Crippen molar-refractivity contribution in [1.29, 1.82) is 0 Å². The molecular formula is C17H17ClN2O3S. The Morgan fingerprint density at radius 3 is 2.62 bits per heavy atom. The largest absolute Gasteiger partial charge is 0.481 e. The van der Waals surface area contributed by atoms with Gasteiger partial charge in [-0.15, -0.1) is 11.3 Å². The standard InChI is InChI=1S/C17H17ClN2O3S/c1-9-14(15(21)20-13-7-4-11(8-13)17(22)23)24-16(19-9)10-2-5-12(18)6-3-10/h2-3,5-6,11,13H,4,7-8H2,1H3,(H,20,21)(H,22,23)/t11-,13+/m0/s1. The van der Waals surface area contributed by atoms with Gasteiger partial charge in [-0.2, -0.15) is 0 Å². The zero-order valence-corrected chi connectivity index (χ0v) is 14.7. The van der Waals surface area contributed by atoms with E-state index in [4.69, 9.17) is 16.7 Å². The smallest absolute Gasteiger partial charge is 0.306 e. The van der Waals surface area contributed by atoms with Gasteiger partial charge in [0.2, 0.25) is 0 Å². The number of amides is 1. The third-order valence-corrected chi connectivity index (χ3v) is 5.67. The highest BCUT2D eigenvalue weighted by atomic mass is 35.5. The normalized spacial score (nSPS) is 20.1. The second-order valence-electron chi connectivity index (χ2n) is 5.96. The van der Waals surface area contributed by atoms with Crippen LogP contribution in [0.3, 0.4) is 0 Å². The van der Waals surface area contributed by atoms with Gasteiger partial charge in [0.05, 0.1) is 11.6 Å². The fourth-order valence-corrected chi connectivity index (χ4v) is 4.01. The molecule has 2 atom stereocenters. The van der Waals surface area contributed by atoms with Gasteiger partial charge in [0.25, 0.3) is 5.91 Å². The second-order valence-corrected chi connectivity index (χ2v) is 7.39. The molecule has 126 valence electrons. The van der Waals surface area contributed by atoms with Gasteiger partial charge < -0.3 is 10.4 Å². The molecule has 0 aliphatic heterocycles.